The van der Waals surface area contributed by atoms with Crippen molar-refractivity contribution in [1.29, 1.82) is 0 Å². The van der Waals surface area contributed by atoms with Crippen LogP contribution in [0.2, 0.25) is 0 Å². The minimum atomic E-state index is -0.858. The molecule has 0 radical (unpaired) electrons. The molecule has 0 unspecified atom stereocenters. The van der Waals surface area contributed by atoms with Crippen LogP contribution in [0.3, 0.4) is 0 Å². The van der Waals surface area contributed by atoms with Gasteiger partial charge in [0.2, 0.25) is 0 Å². The molecule has 2 N–H and O–H groups in total. The van der Waals surface area contributed by atoms with E-state index in [1.807, 2.05) is 0 Å². The lowest BCUT2D eigenvalue weighted by Gasteiger charge is -2.26. The van der Waals surface area contributed by atoms with Gasteiger partial charge in [-0.3, -0.25) is 4.79 Å². The number of nitrogens with zero attached hydrogens (tertiary/aromatic N) is 1. The Labute approximate surface area is 113 Å². The number of aliphatic carboxylic acids is 1. The van der Waals surface area contributed by atoms with Gasteiger partial charge in [-0.1, -0.05) is 0 Å². The zero-order valence-electron chi connectivity index (χ0n) is 11.1. The third-order valence-corrected chi connectivity index (χ3v) is 3.70. The highest BCUT2D eigenvalue weighted by Crippen LogP contribution is 2.27. The summed E-state index contributed by atoms with van der Waals surface area (Å²) in [5, 5.41) is 11.6. The molecule has 1 saturated carbocycles. The average Bonchev–Trinajstić information content (AvgIpc) is 3.22. The Morgan fingerprint density at radius 1 is 1.21 bits per heavy atom. The van der Waals surface area contributed by atoms with Crippen molar-refractivity contribution in [2.75, 3.05) is 26.3 Å². The fraction of sp³-hybridized carbons (Fsp3) is 0.846. The molecule has 2 amide bonds. The molecule has 19 heavy (non-hydrogen) atoms. The first-order chi connectivity index (χ1) is 9.16. The zero-order valence-corrected chi connectivity index (χ0v) is 11.1. The molecule has 1 heterocycles. The van der Waals surface area contributed by atoms with Gasteiger partial charge >= 0.3 is 12.0 Å². The second-order valence-corrected chi connectivity index (χ2v) is 5.31. The highest BCUT2D eigenvalue weighted by atomic mass is 16.5. The topological polar surface area (TPSA) is 78.9 Å². The molecule has 0 spiro atoms. The molecule has 0 bridgehead atoms. The van der Waals surface area contributed by atoms with Crippen LogP contribution in [-0.4, -0.2) is 54.4 Å². The Kier molecular flexibility index (Phi) is 5.01. The SMILES string of the molecule is O=C(O)CCN(C(=O)NCC1CCOCC1)C1CC1. The maximum atomic E-state index is 12.1. The third kappa shape index (κ3) is 4.70. The van der Waals surface area contributed by atoms with Gasteiger partial charge in [0.15, 0.2) is 0 Å². The van der Waals surface area contributed by atoms with Gasteiger partial charge in [0, 0.05) is 32.3 Å². The first-order valence-electron chi connectivity index (χ1n) is 7.01. The molecule has 2 aliphatic rings. The van der Waals surface area contributed by atoms with Gasteiger partial charge in [-0.15, -0.1) is 0 Å². The van der Waals surface area contributed by atoms with Crippen LogP contribution in [0.5, 0.6) is 0 Å². The van der Waals surface area contributed by atoms with Gasteiger partial charge in [-0.25, -0.2) is 4.79 Å². The maximum absolute atomic E-state index is 12.1. The van der Waals surface area contributed by atoms with Gasteiger partial charge in [0.05, 0.1) is 6.42 Å². The van der Waals surface area contributed by atoms with Crippen molar-refractivity contribution in [3.05, 3.63) is 0 Å². The van der Waals surface area contributed by atoms with Gasteiger partial charge in [-0.2, -0.15) is 0 Å². The smallest absolute Gasteiger partial charge is 0.317 e. The second kappa shape index (κ2) is 6.75. The number of nitrogens with one attached hydrogen (secondary N) is 1. The largest absolute Gasteiger partial charge is 0.481 e. The molecule has 0 aromatic heterocycles. The molecular formula is C13H22N2O4. The summed E-state index contributed by atoms with van der Waals surface area (Å²) in [6, 6.07) is 0.129. The van der Waals surface area contributed by atoms with Crippen LogP contribution in [-0.2, 0) is 9.53 Å². The molecule has 0 atom stereocenters. The standard InChI is InChI=1S/C13H22N2O4/c16-12(17)3-6-15(11-1-2-11)13(18)14-9-10-4-7-19-8-5-10/h10-11H,1-9H2,(H,14,18)(H,16,17). The summed E-state index contributed by atoms with van der Waals surface area (Å²) in [7, 11) is 0. The van der Waals surface area contributed by atoms with E-state index in [-0.39, 0.29) is 18.5 Å². The highest BCUT2D eigenvalue weighted by molar-refractivity contribution is 5.76. The summed E-state index contributed by atoms with van der Waals surface area (Å²) in [4.78, 5) is 24.3. The van der Waals surface area contributed by atoms with Crippen molar-refractivity contribution in [2.24, 2.45) is 5.92 Å². The molecule has 1 saturated heterocycles. The van der Waals surface area contributed by atoms with Crippen LogP contribution < -0.4 is 5.32 Å². The number of urea groups is 1. The lowest BCUT2D eigenvalue weighted by molar-refractivity contribution is -0.137. The lowest BCUT2D eigenvalue weighted by Crippen LogP contribution is -2.44. The number of carboxylic acids is 1. The van der Waals surface area contributed by atoms with E-state index in [2.05, 4.69) is 5.32 Å². The van der Waals surface area contributed by atoms with Crippen molar-refractivity contribution < 1.29 is 19.4 Å². The summed E-state index contributed by atoms with van der Waals surface area (Å²) >= 11 is 0. The van der Waals surface area contributed by atoms with E-state index in [1.165, 1.54) is 0 Å². The Morgan fingerprint density at radius 2 is 1.89 bits per heavy atom. The number of carboxylic acid groups (broad SMARTS) is 1. The monoisotopic (exact) mass is 270 g/mol. The molecule has 6 nitrogen and oxygen atoms in total. The summed E-state index contributed by atoms with van der Waals surface area (Å²) in [5.74, 6) is -0.374. The first-order valence-corrected chi connectivity index (χ1v) is 7.01. The fourth-order valence-corrected chi connectivity index (χ4v) is 2.34. The van der Waals surface area contributed by atoms with Gasteiger partial charge in [0.1, 0.15) is 0 Å². The Hall–Kier alpha value is -1.30. The number of hydrogen-bond acceptors (Lipinski definition) is 3. The van der Waals surface area contributed by atoms with Gasteiger partial charge in [0.25, 0.3) is 0 Å². The minimum absolute atomic E-state index is 0.0151. The fourth-order valence-electron chi connectivity index (χ4n) is 2.34. The van der Waals surface area contributed by atoms with Crippen LogP contribution in [0.1, 0.15) is 32.1 Å². The summed E-state index contributed by atoms with van der Waals surface area (Å²) in [6.45, 7) is 2.51. The minimum Gasteiger partial charge on any atom is -0.481 e. The molecule has 2 fully saturated rings. The Balaban J connectivity index is 1.73. The number of ether oxygens (including phenoxy) is 1. The first kappa shape index (κ1) is 14.1. The molecule has 1 aliphatic heterocycles. The molecule has 1 aliphatic carbocycles. The van der Waals surface area contributed by atoms with E-state index < -0.39 is 5.97 Å². The highest BCUT2D eigenvalue weighted by Gasteiger charge is 2.32. The van der Waals surface area contributed by atoms with Crippen LogP contribution >= 0.6 is 0 Å². The summed E-state index contributed by atoms with van der Waals surface area (Å²) in [5.41, 5.74) is 0. The molecule has 2 rings (SSSR count). The molecular weight excluding hydrogens is 248 g/mol. The van der Waals surface area contributed by atoms with Crippen molar-refractivity contribution in [3.63, 3.8) is 0 Å². The second-order valence-electron chi connectivity index (χ2n) is 5.31. The number of carbonyl (C=O) groups is 2. The summed E-state index contributed by atoms with van der Waals surface area (Å²) < 4.78 is 5.28. The number of hydrogen-bond donors (Lipinski definition) is 2. The van der Waals surface area contributed by atoms with Gasteiger partial charge < -0.3 is 20.1 Å². The molecule has 0 aromatic carbocycles. The Morgan fingerprint density at radius 3 is 2.47 bits per heavy atom. The quantitative estimate of drug-likeness (QED) is 0.756. The van der Waals surface area contributed by atoms with Crippen LogP contribution in [0.25, 0.3) is 0 Å². The van der Waals surface area contributed by atoms with Gasteiger partial charge in [-0.05, 0) is 31.6 Å². The number of amides is 2. The van der Waals surface area contributed by atoms with Crippen molar-refractivity contribution in [3.8, 4) is 0 Å². The molecule has 108 valence electrons. The van der Waals surface area contributed by atoms with Crippen molar-refractivity contribution in [1.82, 2.24) is 10.2 Å². The van der Waals surface area contributed by atoms with E-state index in [1.54, 1.807) is 4.90 Å². The predicted octanol–water partition coefficient (Wildman–Crippen LogP) is 1.06. The van der Waals surface area contributed by atoms with Crippen LogP contribution in [0.4, 0.5) is 4.79 Å². The number of rotatable bonds is 6. The van der Waals surface area contributed by atoms with E-state index in [0.29, 0.717) is 19.0 Å². The third-order valence-electron chi connectivity index (χ3n) is 3.70. The average molecular weight is 270 g/mol. The normalized spacial score (nSPS) is 20.0. The van der Waals surface area contributed by atoms with Crippen LogP contribution in [0, 0.1) is 5.92 Å². The molecule has 0 aromatic rings. The Bertz CT molecular complexity index is 325. The van der Waals surface area contributed by atoms with Crippen molar-refractivity contribution in [2.45, 2.75) is 38.1 Å². The summed E-state index contributed by atoms with van der Waals surface area (Å²) in [6.07, 6.45) is 3.97. The number of carbonyl (C=O) groups excluding carboxylic acids is 1. The van der Waals surface area contributed by atoms with E-state index >= 15 is 0 Å². The molecule has 6 heteroatoms. The lowest BCUT2D eigenvalue weighted by atomic mass is 10.0. The van der Waals surface area contributed by atoms with E-state index in [4.69, 9.17) is 9.84 Å². The predicted molar refractivity (Wildman–Crippen MR) is 68.9 cm³/mol. The van der Waals surface area contributed by atoms with E-state index in [9.17, 15) is 9.59 Å². The van der Waals surface area contributed by atoms with Crippen LogP contribution in [0.15, 0.2) is 0 Å². The van der Waals surface area contributed by atoms with E-state index in [0.717, 1.165) is 38.9 Å². The maximum Gasteiger partial charge on any atom is 0.317 e. The van der Waals surface area contributed by atoms with Crippen molar-refractivity contribution >= 4 is 12.0 Å². The zero-order chi connectivity index (χ0) is 13.7.